The summed E-state index contributed by atoms with van der Waals surface area (Å²) in [5.74, 6) is 0.675. The van der Waals surface area contributed by atoms with E-state index in [0.29, 0.717) is 5.75 Å². The number of nitrogens with one attached hydrogen (secondary N) is 1. The van der Waals surface area contributed by atoms with Crippen LogP contribution >= 0.6 is 11.8 Å². The number of rotatable bonds is 7. The van der Waals surface area contributed by atoms with Crippen LogP contribution in [-0.2, 0) is 6.54 Å². The van der Waals surface area contributed by atoms with Gasteiger partial charge in [-0.05, 0) is 29.8 Å². The highest BCUT2D eigenvalue weighted by molar-refractivity contribution is 7.99. The first kappa shape index (κ1) is 15.1. The van der Waals surface area contributed by atoms with E-state index in [9.17, 15) is 5.11 Å². The van der Waals surface area contributed by atoms with Crippen LogP contribution in [0.4, 0.5) is 0 Å². The highest BCUT2D eigenvalue weighted by Gasteiger charge is 2.07. The number of thioether (sulfide) groups is 1. The normalized spacial score (nSPS) is 12.3. The first-order valence-electron chi connectivity index (χ1n) is 6.95. The molecule has 0 aliphatic rings. The molecular formula is C17H21NOS. The minimum Gasteiger partial charge on any atom is -0.388 e. The summed E-state index contributed by atoms with van der Waals surface area (Å²) in [6, 6.07) is 18.3. The van der Waals surface area contributed by atoms with Crippen molar-refractivity contribution >= 4 is 11.8 Å². The summed E-state index contributed by atoms with van der Waals surface area (Å²) in [6.45, 7) is 3.98. The van der Waals surface area contributed by atoms with E-state index in [1.807, 2.05) is 30.3 Å². The number of aliphatic hydroxyl groups excluding tert-OH is 1. The molecule has 0 aromatic heterocycles. The molecule has 2 nitrogen and oxygen atoms in total. The van der Waals surface area contributed by atoms with E-state index in [1.54, 1.807) is 11.8 Å². The molecule has 0 fully saturated rings. The minimum absolute atomic E-state index is 0.418. The zero-order valence-corrected chi connectivity index (χ0v) is 12.6. The monoisotopic (exact) mass is 287 g/mol. The molecule has 2 aromatic rings. The zero-order chi connectivity index (χ0) is 14.2. The summed E-state index contributed by atoms with van der Waals surface area (Å²) in [5.41, 5.74) is 2.26. The lowest BCUT2D eigenvalue weighted by atomic mass is 10.1. The fraction of sp³-hybridized carbons (Fsp3) is 0.294. The third-order valence-corrected chi connectivity index (χ3v) is 4.14. The average molecular weight is 287 g/mol. The molecule has 2 rings (SSSR count). The van der Waals surface area contributed by atoms with E-state index in [1.165, 1.54) is 10.5 Å². The van der Waals surface area contributed by atoms with Crippen molar-refractivity contribution in [3.63, 3.8) is 0 Å². The molecule has 1 atom stereocenters. The standard InChI is InChI=1S/C17H21NOS/c1-2-18-12-14-7-6-10-16(11-14)20-13-17(19)15-8-4-3-5-9-15/h3-11,17-19H,2,12-13H2,1H3. The number of hydrogen-bond donors (Lipinski definition) is 2. The molecule has 0 bridgehead atoms. The van der Waals surface area contributed by atoms with Crippen LogP contribution < -0.4 is 5.32 Å². The van der Waals surface area contributed by atoms with Crippen LogP contribution in [0.5, 0.6) is 0 Å². The lowest BCUT2D eigenvalue weighted by Crippen LogP contribution is -2.11. The Morgan fingerprint density at radius 2 is 1.90 bits per heavy atom. The molecule has 0 spiro atoms. The Hall–Kier alpha value is -1.29. The van der Waals surface area contributed by atoms with Crippen molar-refractivity contribution in [3.05, 3.63) is 65.7 Å². The molecular weight excluding hydrogens is 266 g/mol. The Morgan fingerprint density at radius 3 is 2.65 bits per heavy atom. The van der Waals surface area contributed by atoms with Gasteiger partial charge in [0.1, 0.15) is 0 Å². The van der Waals surface area contributed by atoms with Gasteiger partial charge < -0.3 is 10.4 Å². The Bertz CT molecular complexity index is 515. The molecule has 2 aromatic carbocycles. The summed E-state index contributed by atoms with van der Waals surface area (Å²) in [5, 5.41) is 13.5. The van der Waals surface area contributed by atoms with Crippen LogP contribution in [0.2, 0.25) is 0 Å². The molecule has 2 N–H and O–H groups in total. The van der Waals surface area contributed by atoms with Gasteiger partial charge in [0.15, 0.2) is 0 Å². The topological polar surface area (TPSA) is 32.3 Å². The molecule has 1 unspecified atom stereocenters. The largest absolute Gasteiger partial charge is 0.388 e. The van der Waals surface area contributed by atoms with Gasteiger partial charge >= 0.3 is 0 Å². The van der Waals surface area contributed by atoms with Gasteiger partial charge in [-0.1, -0.05) is 49.4 Å². The molecule has 0 saturated carbocycles. The van der Waals surface area contributed by atoms with Crippen molar-refractivity contribution < 1.29 is 5.11 Å². The summed E-state index contributed by atoms with van der Waals surface area (Å²) in [6.07, 6.45) is -0.418. The zero-order valence-electron chi connectivity index (χ0n) is 11.8. The Morgan fingerprint density at radius 1 is 1.10 bits per heavy atom. The lowest BCUT2D eigenvalue weighted by Gasteiger charge is -2.11. The Labute approximate surface area is 125 Å². The second-order valence-corrected chi connectivity index (χ2v) is 5.76. The third kappa shape index (κ3) is 4.67. The summed E-state index contributed by atoms with van der Waals surface area (Å²) < 4.78 is 0. The molecule has 0 amide bonds. The van der Waals surface area contributed by atoms with Crippen molar-refractivity contribution in [2.24, 2.45) is 0 Å². The van der Waals surface area contributed by atoms with Crippen LogP contribution in [0.25, 0.3) is 0 Å². The highest BCUT2D eigenvalue weighted by atomic mass is 32.2. The van der Waals surface area contributed by atoms with Gasteiger partial charge in [0, 0.05) is 17.2 Å². The van der Waals surface area contributed by atoms with Crippen LogP contribution in [0.1, 0.15) is 24.2 Å². The molecule has 0 radical (unpaired) electrons. The van der Waals surface area contributed by atoms with Gasteiger partial charge in [-0.15, -0.1) is 11.8 Å². The average Bonchev–Trinajstić information content (AvgIpc) is 2.52. The number of hydrogen-bond acceptors (Lipinski definition) is 3. The third-order valence-electron chi connectivity index (χ3n) is 3.07. The molecule has 106 valence electrons. The maximum absolute atomic E-state index is 10.2. The highest BCUT2D eigenvalue weighted by Crippen LogP contribution is 2.25. The van der Waals surface area contributed by atoms with Gasteiger partial charge in [0.05, 0.1) is 6.10 Å². The van der Waals surface area contributed by atoms with Crippen molar-refractivity contribution in [2.45, 2.75) is 24.5 Å². The fourth-order valence-electron chi connectivity index (χ4n) is 1.96. The smallest absolute Gasteiger partial charge is 0.0883 e. The molecule has 3 heteroatoms. The maximum atomic E-state index is 10.2. The molecule has 0 aliphatic carbocycles. The molecule has 0 heterocycles. The van der Waals surface area contributed by atoms with Crippen LogP contribution in [0.3, 0.4) is 0 Å². The van der Waals surface area contributed by atoms with Crippen LogP contribution in [-0.4, -0.2) is 17.4 Å². The fourth-order valence-corrected chi connectivity index (χ4v) is 2.91. The molecule has 20 heavy (non-hydrogen) atoms. The SMILES string of the molecule is CCNCc1cccc(SCC(O)c2ccccc2)c1. The second-order valence-electron chi connectivity index (χ2n) is 4.67. The van der Waals surface area contributed by atoms with Gasteiger partial charge in [-0.25, -0.2) is 0 Å². The predicted octanol–water partition coefficient (Wildman–Crippen LogP) is 3.62. The quantitative estimate of drug-likeness (QED) is 0.763. The van der Waals surface area contributed by atoms with E-state index in [0.717, 1.165) is 18.7 Å². The van der Waals surface area contributed by atoms with Crippen molar-refractivity contribution in [3.8, 4) is 0 Å². The van der Waals surface area contributed by atoms with Gasteiger partial charge in [-0.2, -0.15) is 0 Å². The van der Waals surface area contributed by atoms with E-state index in [4.69, 9.17) is 0 Å². The van der Waals surface area contributed by atoms with Crippen molar-refractivity contribution in [1.29, 1.82) is 0 Å². The van der Waals surface area contributed by atoms with Crippen molar-refractivity contribution in [1.82, 2.24) is 5.32 Å². The first-order valence-corrected chi connectivity index (χ1v) is 7.93. The minimum atomic E-state index is -0.418. The van der Waals surface area contributed by atoms with Gasteiger partial charge in [0.25, 0.3) is 0 Å². The lowest BCUT2D eigenvalue weighted by molar-refractivity contribution is 0.204. The van der Waals surface area contributed by atoms with E-state index < -0.39 is 6.10 Å². The van der Waals surface area contributed by atoms with E-state index in [2.05, 4.69) is 36.5 Å². The van der Waals surface area contributed by atoms with Crippen LogP contribution in [0.15, 0.2) is 59.5 Å². The van der Waals surface area contributed by atoms with E-state index in [-0.39, 0.29) is 0 Å². The number of benzene rings is 2. The second kappa shape index (κ2) is 8.10. The maximum Gasteiger partial charge on any atom is 0.0883 e. The summed E-state index contributed by atoms with van der Waals surface area (Å²) >= 11 is 1.69. The number of aliphatic hydroxyl groups is 1. The van der Waals surface area contributed by atoms with Crippen LogP contribution in [0, 0.1) is 0 Å². The summed E-state index contributed by atoms with van der Waals surface area (Å²) in [4.78, 5) is 1.20. The van der Waals surface area contributed by atoms with Gasteiger partial charge in [0.2, 0.25) is 0 Å². The first-order chi connectivity index (χ1) is 9.79. The summed E-state index contributed by atoms with van der Waals surface area (Å²) in [7, 11) is 0. The molecule has 0 saturated heterocycles. The Balaban J connectivity index is 1.90. The van der Waals surface area contributed by atoms with Crippen molar-refractivity contribution in [2.75, 3.05) is 12.3 Å². The Kier molecular flexibility index (Phi) is 6.12. The predicted molar refractivity (Wildman–Crippen MR) is 85.9 cm³/mol. The van der Waals surface area contributed by atoms with E-state index >= 15 is 0 Å². The van der Waals surface area contributed by atoms with Gasteiger partial charge in [-0.3, -0.25) is 0 Å². The molecule has 0 aliphatic heterocycles.